The lowest BCUT2D eigenvalue weighted by Crippen LogP contribution is -2.62. The lowest BCUT2D eigenvalue weighted by atomic mass is 9.74. The van der Waals surface area contributed by atoms with Crippen LogP contribution in [0.2, 0.25) is 0 Å². The minimum Gasteiger partial charge on any atom is -0.385 e. The molecule has 1 aromatic rings. The number of non-ortho nitro benzene ring substituents is 1. The summed E-state index contributed by atoms with van der Waals surface area (Å²) in [5.74, 6) is -2.68. The molecule has 4 N–H and O–H groups in total. The molecule has 3 aliphatic heterocycles. The summed E-state index contributed by atoms with van der Waals surface area (Å²) < 4.78 is 30.4. The molecular formula is C24H32N6O8S. The van der Waals surface area contributed by atoms with E-state index in [1.165, 1.54) is 17.0 Å². The van der Waals surface area contributed by atoms with Gasteiger partial charge in [-0.15, -0.1) is 0 Å². The van der Waals surface area contributed by atoms with Crippen molar-refractivity contribution in [1.29, 1.82) is 0 Å². The average Bonchev–Trinajstić information content (AvgIpc) is 3.10. The Balaban J connectivity index is 1.61. The van der Waals surface area contributed by atoms with E-state index in [2.05, 4.69) is 10.0 Å². The number of hydrogen-bond donors (Lipinski definition) is 3. The number of carbonyl (C=O) groups excluding carboxylic acids is 3. The summed E-state index contributed by atoms with van der Waals surface area (Å²) in [6.07, 6.45) is 0. The maximum absolute atomic E-state index is 13.4. The predicted molar refractivity (Wildman–Crippen MR) is 138 cm³/mol. The zero-order valence-corrected chi connectivity index (χ0v) is 22.6. The number of piperazine rings is 1. The molecule has 1 unspecified atom stereocenters. The standard InChI is InChI=1S/C24H32N6O8S/c1-13(2)19-20-14(3)18(12-28-9-8-26-10-17(28)11-27-39(25,36)37)21(29(20)22(19)31)24(33)38-23(32)15-4-6-16(7-5-15)30(34)35/h4-7,13-14,17,19-20,26-27H,8-12H2,1-3H3,(H2,25,36,37)/t14-,17?,19+,20+/m0/s1. The number of nitrogens with one attached hydrogen (secondary N) is 2. The van der Waals surface area contributed by atoms with Crippen molar-refractivity contribution in [3.63, 3.8) is 0 Å². The summed E-state index contributed by atoms with van der Waals surface area (Å²) in [5, 5.41) is 19.2. The number of nitro benzene ring substituents is 1. The van der Waals surface area contributed by atoms with E-state index in [1.54, 1.807) is 0 Å². The van der Waals surface area contributed by atoms with Crippen LogP contribution in [0.4, 0.5) is 5.69 Å². The van der Waals surface area contributed by atoms with Crippen LogP contribution in [0.25, 0.3) is 0 Å². The van der Waals surface area contributed by atoms with Crippen molar-refractivity contribution in [2.24, 2.45) is 22.9 Å². The highest BCUT2D eigenvalue weighted by atomic mass is 32.2. The highest BCUT2D eigenvalue weighted by molar-refractivity contribution is 7.87. The third-order valence-corrected chi connectivity index (χ3v) is 8.14. The van der Waals surface area contributed by atoms with Crippen LogP contribution in [0.15, 0.2) is 35.5 Å². The fourth-order valence-electron chi connectivity index (χ4n) is 5.58. The van der Waals surface area contributed by atoms with E-state index < -0.39 is 27.1 Å². The molecule has 0 radical (unpaired) electrons. The van der Waals surface area contributed by atoms with Gasteiger partial charge in [-0.2, -0.15) is 8.42 Å². The fraction of sp³-hybridized carbons (Fsp3) is 0.542. The van der Waals surface area contributed by atoms with Crippen LogP contribution in [-0.4, -0.2) is 85.8 Å². The van der Waals surface area contributed by atoms with Crippen LogP contribution in [0, 0.1) is 27.9 Å². The van der Waals surface area contributed by atoms with Gasteiger partial charge in [0.05, 0.1) is 22.4 Å². The number of nitrogens with two attached hydrogens (primary N) is 1. The van der Waals surface area contributed by atoms with Gasteiger partial charge in [-0.25, -0.2) is 19.5 Å². The molecule has 4 rings (SSSR count). The van der Waals surface area contributed by atoms with Crippen molar-refractivity contribution in [3.05, 3.63) is 51.2 Å². The minimum absolute atomic E-state index is 0.0151. The number of esters is 2. The first-order valence-corrected chi connectivity index (χ1v) is 14.1. The molecular weight excluding hydrogens is 532 g/mol. The maximum atomic E-state index is 13.4. The van der Waals surface area contributed by atoms with Crippen molar-refractivity contribution in [1.82, 2.24) is 19.8 Å². The Morgan fingerprint density at radius 1 is 1.26 bits per heavy atom. The molecule has 3 heterocycles. The van der Waals surface area contributed by atoms with Gasteiger partial charge in [0, 0.05) is 56.8 Å². The molecule has 0 spiro atoms. The summed E-state index contributed by atoms with van der Waals surface area (Å²) in [7, 11) is -3.91. The fourth-order valence-corrected chi connectivity index (χ4v) is 6.01. The number of nitro groups is 1. The molecule has 15 heteroatoms. The smallest absolute Gasteiger partial charge is 0.362 e. The first kappa shape index (κ1) is 28.8. The van der Waals surface area contributed by atoms with E-state index in [9.17, 15) is 32.9 Å². The number of hydrogen-bond acceptors (Lipinski definition) is 10. The average molecular weight is 565 g/mol. The Morgan fingerprint density at radius 3 is 2.51 bits per heavy atom. The largest absolute Gasteiger partial charge is 0.385 e. The number of fused-ring (bicyclic) bond motifs is 1. The number of nitrogens with zero attached hydrogens (tertiary/aromatic N) is 3. The number of β-lactam (4-membered cyclic amide) rings is 1. The monoisotopic (exact) mass is 564 g/mol. The molecule has 2 saturated heterocycles. The van der Waals surface area contributed by atoms with Crippen LogP contribution < -0.4 is 15.2 Å². The van der Waals surface area contributed by atoms with E-state index in [-0.39, 0.29) is 65.8 Å². The Hall–Kier alpha value is -3.24. The van der Waals surface area contributed by atoms with Gasteiger partial charge in [0.25, 0.3) is 15.9 Å². The summed E-state index contributed by atoms with van der Waals surface area (Å²) in [6, 6.07) is 4.10. The summed E-state index contributed by atoms with van der Waals surface area (Å²) in [6.45, 7) is 7.75. The zero-order valence-electron chi connectivity index (χ0n) is 21.8. The van der Waals surface area contributed by atoms with Crippen LogP contribution in [0.5, 0.6) is 0 Å². The highest BCUT2D eigenvalue weighted by Gasteiger charge is 2.59. The number of carbonyl (C=O) groups is 3. The van der Waals surface area contributed by atoms with Gasteiger partial charge >= 0.3 is 11.9 Å². The molecule has 212 valence electrons. The van der Waals surface area contributed by atoms with Gasteiger partial charge in [-0.1, -0.05) is 20.8 Å². The van der Waals surface area contributed by atoms with Gasteiger partial charge in [0.15, 0.2) is 0 Å². The van der Waals surface area contributed by atoms with E-state index in [0.29, 0.717) is 25.2 Å². The normalized spacial score (nSPS) is 25.5. The predicted octanol–water partition coefficient (Wildman–Crippen LogP) is -0.268. The van der Waals surface area contributed by atoms with E-state index in [1.807, 2.05) is 25.7 Å². The maximum Gasteiger partial charge on any atom is 0.362 e. The lowest BCUT2D eigenvalue weighted by molar-refractivity contribution is -0.384. The van der Waals surface area contributed by atoms with E-state index >= 15 is 0 Å². The van der Waals surface area contributed by atoms with E-state index in [4.69, 9.17) is 9.88 Å². The number of amides is 1. The molecule has 0 saturated carbocycles. The molecule has 0 aliphatic carbocycles. The first-order valence-electron chi connectivity index (χ1n) is 12.6. The topological polar surface area (TPSA) is 194 Å². The highest BCUT2D eigenvalue weighted by Crippen LogP contribution is 2.49. The SMILES string of the molecule is CC(C)[C@H]1C(=O)N2C(C(=O)OC(=O)c3ccc([N+](=O)[O-])cc3)=C(CN3CCNCC3CNS(N)(=O)=O)[C@H](C)[C@H]12. The Bertz CT molecular complexity index is 1310. The van der Waals surface area contributed by atoms with Gasteiger partial charge < -0.3 is 15.0 Å². The molecule has 3 aliphatic rings. The molecule has 2 fully saturated rings. The van der Waals surface area contributed by atoms with Gasteiger partial charge in [-0.3, -0.25) is 19.8 Å². The molecule has 4 atom stereocenters. The van der Waals surface area contributed by atoms with Crippen molar-refractivity contribution in [2.75, 3.05) is 32.7 Å². The summed E-state index contributed by atoms with van der Waals surface area (Å²) in [4.78, 5) is 53.0. The second kappa shape index (κ2) is 11.1. The van der Waals surface area contributed by atoms with Crippen LogP contribution >= 0.6 is 0 Å². The van der Waals surface area contributed by atoms with Gasteiger partial charge in [-0.05, 0) is 23.6 Å². The molecule has 1 aromatic carbocycles. The Kier molecular flexibility index (Phi) is 8.18. The quantitative estimate of drug-likeness (QED) is 0.118. The molecule has 39 heavy (non-hydrogen) atoms. The third kappa shape index (κ3) is 5.86. The van der Waals surface area contributed by atoms with Gasteiger partial charge in [0.1, 0.15) is 5.70 Å². The summed E-state index contributed by atoms with van der Waals surface area (Å²) in [5.41, 5.74) is 0.371. The number of benzene rings is 1. The minimum atomic E-state index is -3.91. The van der Waals surface area contributed by atoms with E-state index in [0.717, 1.165) is 12.1 Å². The summed E-state index contributed by atoms with van der Waals surface area (Å²) >= 11 is 0. The van der Waals surface area contributed by atoms with Gasteiger partial charge in [0.2, 0.25) is 5.91 Å². The van der Waals surface area contributed by atoms with Crippen molar-refractivity contribution in [2.45, 2.75) is 32.9 Å². The molecule has 14 nitrogen and oxygen atoms in total. The lowest BCUT2D eigenvalue weighted by Gasteiger charge is -2.47. The van der Waals surface area contributed by atoms with Crippen molar-refractivity contribution < 1.29 is 32.5 Å². The van der Waals surface area contributed by atoms with Crippen molar-refractivity contribution >= 4 is 33.7 Å². The number of ether oxygens (including phenoxy) is 1. The first-order chi connectivity index (χ1) is 18.3. The Labute approximate surface area is 225 Å². The second-order valence-corrected chi connectivity index (χ2v) is 11.7. The third-order valence-electron chi connectivity index (χ3n) is 7.57. The van der Waals surface area contributed by atoms with Crippen LogP contribution in [-0.2, 0) is 24.5 Å². The van der Waals surface area contributed by atoms with Crippen LogP contribution in [0.1, 0.15) is 31.1 Å². The molecule has 1 amide bonds. The Morgan fingerprint density at radius 2 is 1.92 bits per heavy atom. The van der Waals surface area contributed by atoms with Crippen LogP contribution in [0.3, 0.4) is 0 Å². The molecule has 0 bridgehead atoms. The molecule has 0 aromatic heterocycles. The second-order valence-electron chi connectivity index (χ2n) is 10.3. The number of rotatable bonds is 9. The van der Waals surface area contributed by atoms with Crippen molar-refractivity contribution in [3.8, 4) is 0 Å². The zero-order chi connectivity index (χ0) is 28.6.